The molecule has 214 valence electrons. The molecule has 8 nitrogen and oxygen atoms in total. The average molecular weight is 631 g/mol. The van der Waals surface area contributed by atoms with Crippen molar-refractivity contribution in [1.82, 2.24) is 10.2 Å². The number of aryl methyl sites for hydroxylation is 2. The zero-order valence-corrected chi connectivity index (χ0v) is 26.0. The lowest BCUT2D eigenvalue weighted by atomic mass is 10.1. The fourth-order valence-corrected chi connectivity index (χ4v) is 6.27. The van der Waals surface area contributed by atoms with Gasteiger partial charge in [0.25, 0.3) is 10.0 Å². The predicted octanol–water partition coefficient (Wildman–Crippen LogP) is 5.21. The number of halogens is 1. The predicted molar refractivity (Wildman–Crippen MR) is 161 cm³/mol. The largest absolute Gasteiger partial charge is 0.496 e. The van der Waals surface area contributed by atoms with Crippen LogP contribution in [0.1, 0.15) is 37.5 Å². The number of anilines is 1. The summed E-state index contributed by atoms with van der Waals surface area (Å²) < 4.78 is 34.8. The van der Waals surface area contributed by atoms with Crippen LogP contribution in [0, 0.1) is 13.8 Å². The number of amides is 2. The van der Waals surface area contributed by atoms with Crippen LogP contribution in [-0.2, 0) is 26.2 Å². The second kappa shape index (κ2) is 13.3. The van der Waals surface area contributed by atoms with Gasteiger partial charge in [-0.2, -0.15) is 0 Å². The Morgan fingerprint density at radius 1 is 0.975 bits per heavy atom. The smallest absolute Gasteiger partial charge is 0.264 e. The Labute approximate surface area is 245 Å². The molecule has 1 N–H and O–H groups in total. The molecule has 0 saturated carbocycles. The lowest BCUT2D eigenvalue weighted by Gasteiger charge is -2.32. The molecule has 3 aromatic rings. The van der Waals surface area contributed by atoms with Crippen LogP contribution in [0.3, 0.4) is 0 Å². The summed E-state index contributed by atoms with van der Waals surface area (Å²) in [5.74, 6) is -0.349. The maximum Gasteiger partial charge on any atom is 0.264 e. The summed E-state index contributed by atoms with van der Waals surface area (Å²) in [6.07, 6.45) is 0. The Morgan fingerprint density at radius 2 is 1.62 bits per heavy atom. The molecule has 0 bridgehead atoms. The van der Waals surface area contributed by atoms with Gasteiger partial charge < -0.3 is 15.0 Å². The molecule has 0 spiro atoms. The van der Waals surface area contributed by atoms with E-state index in [-0.39, 0.29) is 23.4 Å². The van der Waals surface area contributed by atoms with Crippen LogP contribution in [0.15, 0.2) is 76.1 Å². The van der Waals surface area contributed by atoms with Crippen molar-refractivity contribution in [2.24, 2.45) is 0 Å². The van der Waals surface area contributed by atoms with E-state index in [1.807, 2.05) is 52.0 Å². The van der Waals surface area contributed by atoms with E-state index in [0.717, 1.165) is 21.0 Å². The Hall–Kier alpha value is -3.37. The summed E-state index contributed by atoms with van der Waals surface area (Å²) in [6.45, 7) is 8.82. The lowest BCUT2D eigenvalue weighted by molar-refractivity contribution is -0.139. The first kappa shape index (κ1) is 31.2. The molecule has 1 atom stereocenters. The van der Waals surface area contributed by atoms with Crippen LogP contribution in [0.4, 0.5) is 5.69 Å². The highest BCUT2D eigenvalue weighted by Gasteiger charge is 2.33. The van der Waals surface area contributed by atoms with Gasteiger partial charge in [-0.15, -0.1) is 0 Å². The summed E-state index contributed by atoms with van der Waals surface area (Å²) in [6, 6.07) is 18.0. The van der Waals surface area contributed by atoms with Crippen LogP contribution >= 0.6 is 15.9 Å². The van der Waals surface area contributed by atoms with Crippen LogP contribution < -0.4 is 14.4 Å². The van der Waals surface area contributed by atoms with E-state index in [1.165, 1.54) is 24.1 Å². The van der Waals surface area contributed by atoms with Crippen molar-refractivity contribution in [2.75, 3.05) is 18.0 Å². The zero-order valence-electron chi connectivity index (χ0n) is 23.6. The number of methoxy groups -OCH3 is 1. The number of carbonyl (C=O) groups excluding carboxylic acids is 2. The first-order valence-electron chi connectivity index (χ1n) is 12.9. The van der Waals surface area contributed by atoms with E-state index < -0.39 is 28.5 Å². The van der Waals surface area contributed by atoms with Crippen molar-refractivity contribution >= 4 is 43.5 Å². The summed E-state index contributed by atoms with van der Waals surface area (Å²) >= 11 is 3.36. The molecule has 0 aliphatic heterocycles. The van der Waals surface area contributed by atoms with Gasteiger partial charge >= 0.3 is 0 Å². The quantitative estimate of drug-likeness (QED) is 0.314. The van der Waals surface area contributed by atoms with Crippen molar-refractivity contribution in [1.29, 1.82) is 0 Å². The van der Waals surface area contributed by atoms with Crippen molar-refractivity contribution in [3.8, 4) is 5.75 Å². The van der Waals surface area contributed by atoms with Gasteiger partial charge in [0.2, 0.25) is 11.8 Å². The van der Waals surface area contributed by atoms with E-state index in [4.69, 9.17) is 4.74 Å². The molecule has 0 aliphatic carbocycles. The standard InChI is InChI=1S/C30H36BrN3O5S/c1-20(2)32-30(36)23(5)33(18-24-10-8-7-9-22(24)4)29(35)19-34(25-13-11-21(3)12-14-25)40(37,38)26-15-16-28(39-6)27(31)17-26/h7-17,20,23H,18-19H2,1-6H3,(H,32,36)/t23-/m1/s1. The molecular formula is C30H36BrN3O5S. The number of carbonyl (C=O) groups is 2. The summed E-state index contributed by atoms with van der Waals surface area (Å²) in [4.78, 5) is 28.4. The minimum atomic E-state index is -4.19. The molecule has 3 rings (SSSR count). The van der Waals surface area contributed by atoms with Gasteiger partial charge in [0.05, 0.1) is 22.2 Å². The van der Waals surface area contributed by atoms with E-state index in [0.29, 0.717) is 15.9 Å². The van der Waals surface area contributed by atoms with Gasteiger partial charge in [0.15, 0.2) is 0 Å². The molecule has 10 heteroatoms. The number of nitrogens with one attached hydrogen (secondary N) is 1. The van der Waals surface area contributed by atoms with Crippen molar-refractivity contribution in [3.05, 3.63) is 87.9 Å². The molecule has 3 aromatic carbocycles. The number of ether oxygens (including phenoxy) is 1. The Morgan fingerprint density at radius 3 is 2.20 bits per heavy atom. The molecule has 0 saturated heterocycles. The number of hydrogen-bond donors (Lipinski definition) is 1. The minimum absolute atomic E-state index is 0.00963. The first-order chi connectivity index (χ1) is 18.8. The normalized spacial score (nSPS) is 12.1. The summed E-state index contributed by atoms with van der Waals surface area (Å²) in [7, 11) is -2.70. The molecule has 0 aliphatic rings. The molecule has 0 unspecified atom stereocenters. The molecular weight excluding hydrogens is 594 g/mol. The van der Waals surface area contributed by atoms with E-state index in [1.54, 1.807) is 37.3 Å². The molecule has 0 radical (unpaired) electrons. The molecule has 0 heterocycles. The Balaban J connectivity index is 2.06. The first-order valence-corrected chi connectivity index (χ1v) is 15.2. The summed E-state index contributed by atoms with van der Waals surface area (Å²) in [5.41, 5.74) is 3.10. The van der Waals surface area contributed by atoms with Gasteiger partial charge in [0, 0.05) is 12.6 Å². The van der Waals surface area contributed by atoms with Crippen LogP contribution in [0.25, 0.3) is 0 Å². The summed E-state index contributed by atoms with van der Waals surface area (Å²) in [5, 5.41) is 2.86. The fourth-order valence-electron chi connectivity index (χ4n) is 4.13. The third kappa shape index (κ3) is 7.42. The second-order valence-electron chi connectivity index (χ2n) is 9.93. The zero-order chi connectivity index (χ0) is 29.6. The van der Waals surface area contributed by atoms with Gasteiger partial charge in [-0.25, -0.2) is 8.42 Å². The SMILES string of the molecule is COc1ccc(S(=O)(=O)N(CC(=O)N(Cc2ccccc2C)[C@H](C)C(=O)NC(C)C)c2ccc(C)cc2)cc1Br. The van der Waals surface area contributed by atoms with Gasteiger partial charge in [0.1, 0.15) is 18.3 Å². The van der Waals surface area contributed by atoms with Crippen LogP contribution in [-0.4, -0.2) is 50.9 Å². The van der Waals surface area contributed by atoms with E-state index >= 15 is 0 Å². The Bertz CT molecular complexity index is 1460. The van der Waals surface area contributed by atoms with Gasteiger partial charge in [-0.3, -0.25) is 13.9 Å². The molecule has 0 aromatic heterocycles. The molecule has 0 fully saturated rings. The monoisotopic (exact) mass is 629 g/mol. The number of sulfonamides is 1. The number of hydrogen-bond acceptors (Lipinski definition) is 5. The van der Waals surface area contributed by atoms with Gasteiger partial charge in [-0.05, 0) is 92.0 Å². The van der Waals surface area contributed by atoms with Crippen molar-refractivity contribution in [3.63, 3.8) is 0 Å². The highest BCUT2D eigenvalue weighted by molar-refractivity contribution is 9.10. The lowest BCUT2D eigenvalue weighted by Crippen LogP contribution is -2.52. The maximum absolute atomic E-state index is 14.0. The van der Waals surface area contributed by atoms with E-state index in [9.17, 15) is 18.0 Å². The van der Waals surface area contributed by atoms with Crippen LogP contribution in [0.2, 0.25) is 0 Å². The fraction of sp³-hybridized carbons (Fsp3) is 0.333. The topological polar surface area (TPSA) is 96.0 Å². The highest BCUT2D eigenvalue weighted by Crippen LogP contribution is 2.31. The number of benzene rings is 3. The third-order valence-corrected chi connectivity index (χ3v) is 8.90. The van der Waals surface area contributed by atoms with Gasteiger partial charge in [-0.1, -0.05) is 42.0 Å². The van der Waals surface area contributed by atoms with Crippen molar-refractivity contribution in [2.45, 2.75) is 58.1 Å². The molecule has 40 heavy (non-hydrogen) atoms. The maximum atomic E-state index is 14.0. The highest BCUT2D eigenvalue weighted by atomic mass is 79.9. The average Bonchev–Trinajstić information content (AvgIpc) is 2.90. The van der Waals surface area contributed by atoms with Crippen LogP contribution in [0.5, 0.6) is 5.75 Å². The Kier molecular flexibility index (Phi) is 10.4. The minimum Gasteiger partial charge on any atom is -0.496 e. The molecule has 2 amide bonds. The van der Waals surface area contributed by atoms with Crippen molar-refractivity contribution < 1.29 is 22.7 Å². The second-order valence-corrected chi connectivity index (χ2v) is 12.6. The number of rotatable bonds is 11. The third-order valence-electron chi connectivity index (χ3n) is 6.51. The van der Waals surface area contributed by atoms with E-state index in [2.05, 4.69) is 21.2 Å². The number of nitrogens with zero attached hydrogens (tertiary/aromatic N) is 2.